The van der Waals surface area contributed by atoms with Crippen molar-refractivity contribution in [3.63, 3.8) is 0 Å². The molecule has 3 heteroatoms. The number of fused-ring (bicyclic) bond motifs is 1. The lowest BCUT2D eigenvalue weighted by Gasteiger charge is -2.18. The number of para-hydroxylation sites is 1. The highest BCUT2D eigenvalue weighted by molar-refractivity contribution is 5.85. The van der Waals surface area contributed by atoms with Gasteiger partial charge in [-0.1, -0.05) is 49.4 Å². The Labute approximate surface area is 155 Å². The van der Waals surface area contributed by atoms with Crippen LogP contribution in [0.3, 0.4) is 0 Å². The zero-order valence-electron chi connectivity index (χ0n) is 15.8. The Balaban J connectivity index is 1.99. The Morgan fingerprint density at radius 3 is 2.50 bits per heavy atom. The van der Waals surface area contributed by atoms with Gasteiger partial charge >= 0.3 is 0 Å². The minimum absolute atomic E-state index is 0.183. The first kappa shape index (κ1) is 18.3. The van der Waals surface area contributed by atoms with E-state index in [0.717, 1.165) is 41.8 Å². The molecule has 3 aromatic rings. The summed E-state index contributed by atoms with van der Waals surface area (Å²) in [6, 6.07) is 18.7. The minimum Gasteiger partial charge on any atom is -0.302 e. The lowest BCUT2D eigenvalue weighted by atomic mass is 10.0. The van der Waals surface area contributed by atoms with E-state index in [1.165, 1.54) is 10.9 Å². The number of nitrogens with zero attached hydrogens (tertiary/aromatic N) is 2. The predicted octanol–water partition coefficient (Wildman–Crippen LogP) is 4.88. The number of benzene rings is 2. The number of Topliss-reactive ketones (excluding diaryl/α,β-unsaturated/α-hetero) is 1. The third-order valence-corrected chi connectivity index (χ3v) is 4.55. The Bertz CT molecular complexity index is 900. The molecule has 0 aliphatic rings. The first-order valence-corrected chi connectivity index (χ1v) is 9.22. The summed E-state index contributed by atoms with van der Waals surface area (Å²) in [6.45, 7) is 5.81. The molecule has 0 aliphatic heterocycles. The van der Waals surface area contributed by atoms with Gasteiger partial charge in [0.2, 0.25) is 0 Å². The van der Waals surface area contributed by atoms with Gasteiger partial charge in [0.1, 0.15) is 5.78 Å². The van der Waals surface area contributed by atoms with Crippen LogP contribution in [-0.4, -0.2) is 29.3 Å². The van der Waals surface area contributed by atoms with E-state index >= 15 is 0 Å². The summed E-state index contributed by atoms with van der Waals surface area (Å²) in [4.78, 5) is 18.5. The molecule has 0 unspecified atom stereocenters. The number of carbonyl (C=O) groups excluding carboxylic acids is 1. The highest BCUT2D eigenvalue weighted by Crippen LogP contribution is 2.26. The molecule has 0 saturated carbocycles. The average molecular weight is 346 g/mol. The number of pyridine rings is 1. The molecule has 3 rings (SSSR count). The van der Waals surface area contributed by atoms with Crippen LogP contribution in [0.4, 0.5) is 0 Å². The molecular formula is C23H26N2O. The first-order chi connectivity index (χ1) is 12.6. The lowest BCUT2D eigenvalue weighted by Crippen LogP contribution is -2.18. The van der Waals surface area contributed by atoms with E-state index in [0.29, 0.717) is 6.42 Å². The van der Waals surface area contributed by atoms with Crippen molar-refractivity contribution in [2.75, 3.05) is 13.6 Å². The van der Waals surface area contributed by atoms with Crippen LogP contribution in [-0.2, 0) is 17.8 Å². The van der Waals surface area contributed by atoms with Gasteiger partial charge in [0.05, 0.1) is 11.2 Å². The van der Waals surface area contributed by atoms with E-state index in [2.05, 4.69) is 55.3 Å². The fourth-order valence-corrected chi connectivity index (χ4v) is 3.36. The summed E-state index contributed by atoms with van der Waals surface area (Å²) in [6.07, 6.45) is 1.63. The van der Waals surface area contributed by atoms with Gasteiger partial charge < -0.3 is 4.90 Å². The van der Waals surface area contributed by atoms with Crippen molar-refractivity contribution in [2.24, 2.45) is 0 Å². The quantitative estimate of drug-likeness (QED) is 0.611. The Kier molecular flexibility index (Phi) is 5.79. The molecule has 1 aromatic heterocycles. The van der Waals surface area contributed by atoms with Gasteiger partial charge in [-0.3, -0.25) is 4.79 Å². The van der Waals surface area contributed by atoms with Crippen molar-refractivity contribution in [2.45, 2.75) is 33.2 Å². The van der Waals surface area contributed by atoms with Crippen molar-refractivity contribution in [3.8, 4) is 11.3 Å². The van der Waals surface area contributed by atoms with Crippen LogP contribution in [0.1, 0.15) is 31.4 Å². The zero-order chi connectivity index (χ0) is 18.5. The van der Waals surface area contributed by atoms with Crippen LogP contribution in [0.5, 0.6) is 0 Å². The fraction of sp³-hybridized carbons (Fsp3) is 0.304. The molecule has 0 radical (unpaired) electrons. The summed E-state index contributed by atoms with van der Waals surface area (Å²) in [5.41, 5.74) is 5.44. The number of rotatable bonds is 7. The molecule has 26 heavy (non-hydrogen) atoms. The molecule has 0 N–H and O–H groups in total. The number of carbonyl (C=O) groups is 1. The second-order valence-corrected chi connectivity index (χ2v) is 7.00. The normalized spacial score (nSPS) is 11.2. The average Bonchev–Trinajstić information content (AvgIpc) is 2.62. The maximum Gasteiger partial charge on any atom is 0.134 e. The molecule has 1 heterocycles. The number of hydrogen-bond acceptors (Lipinski definition) is 3. The van der Waals surface area contributed by atoms with Gasteiger partial charge in [0, 0.05) is 23.9 Å². The SMILES string of the molecule is CCCN(C)Cc1cc(-c2ccc(CC(C)=O)cc2)nc2ccccc12. The summed E-state index contributed by atoms with van der Waals surface area (Å²) >= 11 is 0. The minimum atomic E-state index is 0.183. The number of aromatic nitrogens is 1. The number of hydrogen-bond donors (Lipinski definition) is 0. The van der Waals surface area contributed by atoms with E-state index in [1.807, 2.05) is 18.2 Å². The highest BCUT2D eigenvalue weighted by Gasteiger charge is 2.10. The Morgan fingerprint density at radius 2 is 1.81 bits per heavy atom. The third-order valence-electron chi connectivity index (χ3n) is 4.55. The molecule has 0 spiro atoms. The monoisotopic (exact) mass is 346 g/mol. The number of ketones is 1. The van der Waals surface area contributed by atoms with Crippen LogP contribution in [0, 0.1) is 0 Å². The van der Waals surface area contributed by atoms with E-state index in [1.54, 1.807) is 6.92 Å². The maximum atomic E-state index is 11.3. The molecule has 0 fully saturated rings. The van der Waals surface area contributed by atoms with Crippen LogP contribution >= 0.6 is 0 Å². The summed E-state index contributed by atoms with van der Waals surface area (Å²) in [5.74, 6) is 0.183. The highest BCUT2D eigenvalue weighted by atomic mass is 16.1. The van der Waals surface area contributed by atoms with Crippen molar-refractivity contribution >= 4 is 16.7 Å². The second-order valence-electron chi connectivity index (χ2n) is 7.00. The predicted molar refractivity (Wildman–Crippen MR) is 108 cm³/mol. The van der Waals surface area contributed by atoms with Gasteiger partial charge in [0.15, 0.2) is 0 Å². The molecule has 0 atom stereocenters. The van der Waals surface area contributed by atoms with Gasteiger partial charge in [-0.15, -0.1) is 0 Å². The van der Waals surface area contributed by atoms with Crippen LogP contribution < -0.4 is 0 Å². The van der Waals surface area contributed by atoms with Crippen molar-refractivity contribution in [1.29, 1.82) is 0 Å². The van der Waals surface area contributed by atoms with E-state index in [9.17, 15) is 4.79 Å². The van der Waals surface area contributed by atoms with Gasteiger partial charge in [-0.2, -0.15) is 0 Å². The van der Waals surface area contributed by atoms with Crippen molar-refractivity contribution in [1.82, 2.24) is 9.88 Å². The largest absolute Gasteiger partial charge is 0.302 e. The van der Waals surface area contributed by atoms with Crippen LogP contribution in [0.15, 0.2) is 54.6 Å². The lowest BCUT2D eigenvalue weighted by molar-refractivity contribution is -0.116. The summed E-state index contributed by atoms with van der Waals surface area (Å²) < 4.78 is 0. The standard InChI is InChI=1S/C23H26N2O/c1-4-13-25(3)16-20-15-23(24-22-8-6-5-7-21(20)22)19-11-9-18(10-12-19)14-17(2)26/h5-12,15H,4,13-14,16H2,1-3H3. The molecule has 3 nitrogen and oxygen atoms in total. The molecule has 0 amide bonds. The topological polar surface area (TPSA) is 33.2 Å². The third kappa shape index (κ3) is 4.36. The van der Waals surface area contributed by atoms with E-state index in [-0.39, 0.29) is 5.78 Å². The van der Waals surface area contributed by atoms with Crippen molar-refractivity contribution in [3.05, 3.63) is 65.7 Å². The second kappa shape index (κ2) is 8.24. The van der Waals surface area contributed by atoms with E-state index in [4.69, 9.17) is 4.98 Å². The van der Waals surface area contributed by atoms with Gasteiger partial charge in [-0.25, -0.2) is 4.98 Å². The fourth-order valence-electron chi connectivity index (χ4n) is 3.36. The Morgan fingerprint density at radius 1 is 1.08 bits per heavy atom. The zero-order valence-corrected chi connectivity index (χ0v) is 15.8. The maximum absolute atomic E-state index is 11.3. The molecular weight excluding hydrogens is 320 g/mol. The smallest absolute Gasteiger partial charge is 0.134 e. The van der Waals surface area contributed by atoms with Gasteiger partial charge in [-0.05, 0) is 50.2 Å². The van der Waals surface area contributed by atoms with Gasteiger partial charge in [0.25, 0.3) is 0 Å². The van der Waals surface area contributed by atoms with E-state index < -0.39 is 0 Å². The molecule has 2 aromatic carbocycles. The summed E-state index contributed by atoms with van der Waals surface area (Å²) in [7, 11) is 2.16. The van der Waals surface area contributed by atoms with Crippen LogP contribution in [0.25, 0.3) is 22.2 Å². The molecule has 0 saturated heterocycles. The van der Waals surface area contributed by atoms with Crippen LogP contribution in [0.2, 0.25) is 0 Å². The Hall–Kier alpha value is -2.52. The summed E-state index contributed by atoms with van der Waals surface area (Å²) in [5, 5.41) is 1.22. The molecule has 0 aliphatic carbocycles. The molecule has 0 bridgehead atoms. The molecule has 134 valence electrons. The first-order valence-electron chi connectivity index (χ1n) is 9.22. The van der Waals surface area contributed by atoms with Crippen molar-refractivity contribution < 1.29 is 4.79 Å².